The molecule has 2 heterocycles. The Morgan fingerprint density at radius 2 is 1.90 bits per heavy atom. The smallest absolute Gasteiger partial charge is 0.135 e. The van der Waals surface area contributed by atoms with E-state index in [-0.39, 0.29) is 6.04 Å². The lowest BCUT2D eigenvalue weighted by atomic mass is 10.2. The molecule has 0 aliphatic rings. The number of aromatic nitrogens is 3. The van der Waals surface area contributed by atoms with Gasteiger partial charge in [0.05, 0.1) is 6.04 Å². The van der Waals surface area contributed by atoms with Crippen LogP contribution < -0.4 is 10.6 Å². The molecule has 0 radical (unpaired) electrons. The molecule has 6 heteroatoms. The maximum absolute atomic E-state index is 4.61. The fourth-order valence-corrected chi connectivity index (χ4v) is 2.92. The lowest BCUT2D eigenvalue weighted by molar-refractivity contribution is 0.842. The number of hydrogen-bond acceptors (Lipinski definition) is 6. The Bertz CT molecular complexity index is 608. The molecular weight excluding hydrogens is 282 g/mol. The number of nitrogens with one attached hydrogen (secondary N) is 2. The van der Waals surface area contributed by atoms with Gasteiger partial charge in [0, 0.05) is 30.1 Å². The molecule has 0 saturated heterocycles. The second kappa shape index (κ2) is 6.85. The molecule has 0 bridgehead atoms. The Morgan fingerprint density at radius 1 is 1.19 bits per heavy atom. The first-order chi connectivity index (χ1) is 10.1. The van der Waals surface area contributed by atoms with Crippen LogP contribution in [0.2, 0.25) is 0 Å². The average molecular weight is 305 g/mol. The third-order valence-electron chi connectivity index (χ3n) is 3.39. The van der Waals surface area contributed by atoms with Gasteiger partial charge in [-0.1, -0.05) is 13.8 Å². The van der Waals surface area contributed by atoms with E-state index in [1.54, 1.807) is 11.3 Å². The summed E-state index contributed by atoms with van der Waals surface area (Å²) in [7, 11) is 1.89. The minimum absolute atomic E-state index is 0.137. The van der Waals surface area contributed by atoms with Crippen LogP contribution in [0, 0.1) is 6.92 Å². The Balaban J connectivity index is 2.25. The molecule has 0 aromatic carbocycles. The number of thiazole rings is 1. The molecule has 0 aliphatic carbocycles. The molecule has 2 aromatic rings. The van der Waals surface area contributed by atoms with Crippen LogP contribution in [0.25, 0.3) is 0 Å². The Hall–Kier alpha value is -1.69. The van der Waals surface area contributed by atoms with Crippen LogP contribution in [0.5, 0.6) is 0 Å². The van der Waals surface area contributed by atoms with Gasteiger partial charge >= 0.3 is 0 Å². The highest BCUT2D eigenvalue weighted by Crippen LogP contribution is 2.26. The molecular formula is C15H23N5S. The van der Waals surface area contributed by atoms with E-state index in [4.69, 9.17) is 0 Å². The summed E-state index contributed by atoms with van der Waals surface area (Å²) in [5.41, 5.74) is 1.04. The molecule has 1 unspecified atom stereocenters. The van der Waals surface area contributed by atoms with Gasteiger partial charge in [0.25, 0.3) is 0 Å². The first-order valence-electron chi connectivity index (χ1n) is 7.35. The largest absolute Gasteiger partial charge is 0.373 e. The molecule has 5 nitrogen and oxygen atoms in total. The summed E-state index contributed by atoms with van der Waals surface area (Å²) in [6.07, 6.45) is 3.80. The second-order valence-corrected chi connectivity index (χ2v) is 6.10. The normalized spacial score (nSPS) is 12.2. The minimum Gasteiger partial charge on any atom is -0.373 e. The third-order valence-corrected chi connectivity index (χ3v) is 4.71. The predicted octanol–water partition coefficient (Wildman–Crippen LogP) is 3.58. The van der Waals surface area contributed by atoms with Gasteiger partial charge in [0.2, 0.25) is 0 Å². The summed E-state index contributed by atoms with van der Waals surface area (Å²) in [6.45, 7) is 8.35. The van der Waals surface area contributed by atoms with Crippen molar-refractivity contribution in [2.45, 2.75) is 46.6 Å². The first kappa shape index (κ1) is 15.7. The van der Waals surface area contributed by atoms with Gasteiger partial charge in [-0.3, -0.25) is 0 Å². The van der Waals surface area contributed by atoms with Crippen LogP contribution in [0.15, 0.2) is 6.20 Å². The third kappa shape index (κ3) is 3.50. The van der Waals surface area contributed by atoms with E-state index in [0.29, 0.717) is 0 Å². The van der Waals surface area contributed by atoms with Gasteiger partial charge in [-0.05, 0) is 20.3 Å². The summed E-state index contributed by atoms with van der Waals surface area (Å²) in [5.74, 6) is 2.60. The molecule has 21 heavy (non-hydrogen) atoms. The van der Waals surface area contributed by atoms with Gasteiger partial charge in [0.15, 0.2) is 0 Å². The van der Waals surface area contributed by atoms with Crippen LogP contribution in [0.1, 0.15) is 48.1 Å². The predicted molar refractivity (Wildman–Crippen MR) is 89.2 cm³/mol. The zero-order valence-electron chi connectivity index (χ0n) is 13.3. The Labute approximate surface area is 130 Å². The van der Waals surface area contributed by atoms with Gasteiger partial charge in [-0.15, -0.1) is 11.3 Å². The summed E-state index contributed by atoms with van der Waals surface area (Å²) >= 11 is 1.75. The topological polar surface area (TPSA) is 62.7 Å². The van der Waals surface area contributed by atoms with Crippen molar-refractivity contribution in [3.63, 3.8) is 0 Å². The highest BCUT2D eigenvalue weighted by molar-refractivity contribution is 7.11. The van der Waals surface area contributed by atoms with Gasteiger partial charge in [0.1, 0.15) is 22.5 Å². The van der Waals surface area contributed by atoms with Crippen molar-refractivity contribution >= 4 is 23.0 Å². The molecule has 0 amide bonds. The number of aryl methyl sites for hydroxylation is 2. The molecule has 2 N–H and O–H groups in total. The second-order valence-electron chi connectivity index (χ2n) is 4.95. The molecule has 0 aliphatic heterocycles. The van der Waals surface area contributed by atoms with Crippen molar-refractivity contribution < 1.29 is 0 Å². The number of anilines is 2. The monoisotopic (exact) mass is 305 g/mol. The standard InChI is InChI=1S/C15H23N5S/c1-6-11-8-17-15(21-11)10(4)18-14-9(3)13(16-5)19-12(7-2)20-14/h8,10H,6-7H2,1-5H3,(H2,16,18,19,20). The first-order valence-corrected chi connectivity index (χ1v) is 8.17. The Morgan fingerprint density at radius 3 is 2.48 bits per heavy atom. The van der Waals surface area contributed by atoms with Crippen molar-refractivity contribution in [2.24, 2.45) is 0 Å². The highest BCUT2D eigenvalue weighted by atomic mass is 32.1. The number of rotatable bonds is 6. The van der Waals surface area contributed by atoms with E-state index in [2.05, 4.69) is 46.4 Å². The maximum Gasteiger partial charge on any atom is 0.135 e. The van der Waals surface area contributed by atoms with E-state index in [9.17, 15) is 0 Å². The number of hydrogen-bond donors (Lipinski definition) is 2. The van der Waals surface area contributed by atoms with Crippen molar-refractivity contribution in [3.05, 3.63) is 27.5 Å². The van der Waals surface area contributed by atoms with E-state index in [1.165, 1.54) is 4.88 Å². The van der Waals surface area contributed by atoms with Crippen LogP contribution >= 0.6 is 11.3 Å². The maximum atomic E-state index is 4.61. The highest BCUT2D eigenvalue weighted by Gasteiger charge is 2.15. The van der Waals surface area contributed by atoms with Crippen molar-refractivity contribution in [1.29, 1.82) is 0 Å². The molecule has 1 atom stereocenters. The van der Waals surface area contributed by atoms with E-state index < -0.39 is 0 Å². The lowest BCUT2D eigenvalue weighted by Crippen LogP contribution is -2.12. The average Bonchev–Trinajstić information content (AvgIpc) is 2.98. The molecule has 0 spiro atoms. The zero-order chi connectivity index (χ0) is 15.4. The van der Waals surface area contributed by atoms with Crippen LogP contribution in [0.4, 0.5) is 11.6 Å². The minimum atomic E-state index is 0.137. The summed E-state index contributed by atoms with van der Waals surface area (Å²) in [4.78, 5) is 14.9. The number of nitrogens with zero attached hydrogens (tertiary/aromatic N) is 3. The van der Waals surface area contributed by atoms with Gasteiger partial charge in [-0.25, -0.2) is 15.0 Å². The fraction of sp³-hybridized carbons (Fsp3) is 0.533. The van der Waals surface area contributed by atoms with Crippen molar-refractivity contribution in [3.8, 4) is 0 Å². The zero-order valence-corrected chi connectivity index (χ0v) is 14.1. The van der Waals surface area contributed by atoms with Crippen molar-refractivity contribution in [2.75, 3.05) is 17.7 Å². The SMILES string of the molecule is CCc1nc(NC)c(C)c(NC(C)c2ncc(CC)s2)n1. The molecule has 0 fully saturated rings. The van der Waals surface area contributed by atoms with Gasteiger partial charge in [-0.2, -0.15) is 0 Å². The summed E-state index contributed by atoms with van der Waals surface area (Å²) in [6, 6.07) is 0.137. The molecule has 2 aromatic heterocycles. The van der Waals surface area contributed by atoms with E-state index in [0.717, 1.165) is 40.9 Å². The summed E-state index contributed by atoms with van der Waals surface area (Å²) < 4.78 is 0. The van der Waals surface area contributed by atoms with Crippen LogP contribution in [0.3, 0.4) is 0 Å². The quantitative estimate of drug-likeness (QED) is 0.854. The van der Waals surface area contributed by atoms with E-state index >= 15 is 0 Å². The van der Waals surface area contributed by atoms with Gasteiger partial charge < -0.3 is 10.6 Å². The lowest BCUT2D eigenvalue weighted by Gasteiger charge is -2.16. The van der Waals surface area contributed by atoms with Crippen LogP contribution in [-0.2, 0) is 12.8 Å². The van der Waals surface area contributed by atoms with Crippen LogP contribution in [-0.4, -0.2) is 22.0 Å². The Kier molecular flexibility index (Phi) is 5.12. The fourth-order valence-electron chi connectivity index (χ4n) is 2.06. The molecule has 114 valence electrons. The summed E-state index contributed by atoms with van der Waals surface area (Å²) in [5, 5.41) is 7.69. The van der Waals surface area contributed by atoms with Crippen molar-refractivity contribution in [1.82, 2.24) is 15.0 Å². The van der Waals surface area contributed by atoms with E-state index in [1.807, 2.05) is 20.2 Å². The molecule has 2 rings (SSSR count). The molecule has 0 saturated carbocycles.